The smallest absolute Gasteiger partial charge is 0.0568 e. The van der Waals surface area contributed by atoms with Gasteiger partial charge in [0.2, 0.25) is 0 Å². The van der Waals surface area contributed by atoms with Gasteiger partial charge in [0.15, 0.2) is 0 Å². The largest absolute Gasteiger partial charge is 0.396 e. The van der Waals surface area contributed by atoms with Crippen LogP contribution in [0.3, 0.4) is 0 Å². The molecule has 2 atom stereocenters. The van der Waals surface area contributed by atoms with Crippen LogP contribution < -0.4 is 0 Å². The first-order valence-electron chi connectivity index (χ1n) is 4.63. The van der Waals surface area contributed by atoms with Gasteiger partial charge < -0.3 is 10.2 Å². The van der Waals surface area contributed by atoms with Gasteiger partial charge >= 0.3 is 0 Å². The summed E-state index contributed by atoms with van der Waals surface area (Å²) in [6.07, 6.45) is 6.32. The van der Waals surface area contributed by atoms with Crippen molar-refractivity contribution in [3.05, 3.63) is 0 Å². The van der Waals surface area contributed by atoms with Crippen molar-refractivity contribution in [3.63, 3.8) is 0 Å². The van der Waals surface area contributed by atoms with Gasteiger partial charge in [0.25, 0.3) is 0 Å². The molecule has 0 bridgehead atoms. The van der Waals surface area contributed by atoms with Gasteiger partial charge in [-0.05, 0) is 31.6 Å². The normalized spacial score (nSPS) is 32.2. The molecule has 0 unspecified atom stereocenters. The Hall–Kier alpha value is -0.0800. The summed E-state index contributed by atoms with van der Waals surface area (Å²) in [5.74, 6) is 0.468. The van der Waals surface area contributed by atoms with Crippen molar-refractivity contribution in [3.8, 4) is 0 Å². The van der Waals surface area contributed by atoms with Crippen molar-refractivity contribution in [2.45, 2.75) is 44.6 Å². The Bertz CT molecular complexity index is 104. The van der Waals surface area contributed by atoms with Crippen LogP contribution in [0.4, 0.5) is 0 Å². The first-order valence-corrected chi connectivity index (χ1v) is 4.63. The number of hydrogen-bond acceptors (Lipinski definition) is 2. The van der Waals surface area contributed by atoms with Crippen LogP contribution in [-0.2, 0) is 0 Å². The SMILES string of the molecule is OCCC[C@H]1CCCC[C@@H]1O. The third-order valence-corrected chi connectivity index (χ3v) is 2.60. The molecular formula is C9H18O2. The third-order valence-electron chi connectivity index (χ3n) is 2.60. The molecule has 0 aromatic rings. The lowest BCUT2D eigenvalue weighted by atomic mass is 9.84. The predicted octanol–water partition coefficient (Wildman–Crippen LogP) is 1.31. The van der Waals surface area contributed by atoms with Crippen LogP contribution in [0.5, 0.6) is 0 Å². The molecule has 1 fully saturated rings. The number of hydrogen-bond donors (Lipinski definition) is 2. The van der Waals surface area contributed by atoms with Gasteiger partial charge in [-0.3, -0.25) is 0 Å². The van der Waals surface area contributed by atoms with Gasteiger partial charge in [-0.25, -0.2) is 0 Å². The van der Waals surface area contributed by atoms with E-state index in [-0.39, 0.29) is 12.7 Å². The summed E-state index contributed by atoms with van der Waals surface area (Å²) < 4.78 is 0. The molecule has 0 radical (unpaired) electrons. The molecule has 0 aliphatic heterocycles. The molecule has 0 spiro atoms. The zero-order valence-corrected chi connectivity index (χ0v) is 7.00. The van der Waals surface area contributed by atoms with Crippen molar-refractivity contribution in [1.82, 2.24) is 0 Å². The average molecular weight is 158 g/mol. The fraction of sp³-hybridized carbons (Fsp3) is 1.00. The van der Waals surface area contributed by atoms with Crippen LogP contribution in [0.1, 0.15) is 38.5 Å². The van der Waals surface area contributed by atoms with E-state index >= 15 is 0 Å². The Morgan fingerprint density at radius 3 is 2.55 bits per heavy atom. The first kappa shape index (κ1) is 9.01. The minimum Gasteiger partial charge on any atom is -0.396 e. The standard InChI is InChI=1S/C9H18O2/c10-7-3-5-8-4-1-2-6-9(8)11/h8-11H,1-7H2/t8-,9+/m1/s1. The van der Waals surface area contributed by atoms with E-state index < -0.39 is 0 Å². The van der Waals surface area contributed by atoms with E-state index in [4.69, 9.17) is 5.11 Å². The molecule has 11 heavy (non-hydrogen) atoms. The Morgan fingerprint density at radius 1 is 1.18 bits per heavy atom. The van der Waals surface area contributed by atoms with E-state index in [9.17, 15) is 5.11 Å². The van der Waals surface area contributed by atoms with Crippen molar-refractivity contribution in [2.75, 3.05) is 6.61 Å². The molecule has 1 aliphatic carbocycles. The van der Waals surface area contributed by atoms with E-state index in [0.717, 1.165) is 25.7 Å². The summed E-state index contributed by atoms with van der Waals surface area (Å²) in [6, 6.07) is 0. The first-order chi connectivity index (χ1) is 5.34. The average Bonchev–Trinajstić information content (AvgIpc) is 2.03. The molecule has 66 valence electrons. The third kappa shape index (κ3) is 2.80. The van der Waals surface area contributed by atoms with Crippen molar-refractivity contribution >= 4 is 0 Å². The highest BCUT2D eigenvalue weighted by atomic mass is 16.3. The highest BCUT2D eigenvalue weighted by Crippen LogP contribution is 2.27. The minimum absolute atomic E-state index is 0.0877. The van der Waals surface area contributed by atoms with Gasteiger partial charge in [-0.2, -0.15) is 0 Å². The topological polar surface area (TPSA) is 40.5 Å². The summed E-state index contributed by atoms with van der Waals surface area (Å²) >= 11 is 0. The Kier molecular flexibility index (Phi) is 3.87. The molecule has 0 aromatic carbocycles. The van der Waals surface area contributed by atoms with Crippen LogP contribution in [-0.4, -0.2) is 22.9 Å². The molecule has 1 saturated carbocycles. The molecule has 0 heterocycles. The molecule has 0 aromatic heterocycles. The summed E-state index contributed by atoms with van der Waals surface area (Å²) in [5, 5.41) is 18.1. The number of aliphatic hydroxyl groups is 2. The predicted molar refractivity (Wildman–Crippen MR) is 44.3 cm³/mol. The van der Waals surface area contributed by atoms with E-state index in [0.29, 0.717) is 5.92 Å². The maximum Gasteiger partial charge on any atom is 0.0568 e. The van der Waals surface area contributed by atoms with Crippen molar-refractivity contribution in [1.29, 1.82) is 0 Å². The highest BCUT2D eigenvalue weighted by molar-refractivity contribution is 4.73. The van der Waals surface area contributed by atoms with Crippen LogP contribution in [0.15, 0.2) is 0 Å². The van der Waals surface area contributed by atoms with Crippen LogP contribution in [0, 0.1) is 5.92 Å². The Morgan fingerprint density at radius 2 is 1.91 bits per heavy atom. The van der Waals surface area contributed by atoms with Gasteiger partial charge in [0.1, 0.15) is 0 Å². The lowest BCUT2D eigenvalue weighted by molar-refractivity contribution is 0.0614. The van der Waals surface area contributed by atoms with Crippen LogP contribution in [0.25, 0.3) is 0 Å². The maximum atomic E-state index is 9.51. The summed E-state index contributed by atoms with van der Waals surface area (Å²) in [5.41, 5.74) is 0. The highest BCUT2D eigenvalue weighted by Gasteiger charge is 2.21. The molecule has 2 heteroatoms. The molecular weight excluding hydrogens is 140 g/mol. The van der Waals surface area contributed by atoms with E-state index in [2.05, 4.69) is 0 Å². The number of aliphatic hydroxyl groups excluding tert-OH is 2. The second-order valence-electron chi connectivity index (χ2n) is 3.48. The van der Waals surface area contributed by atoms with Crippen molar-refractivity contribution < 1.29 is 10.2 Å². The molecule has 0 saturated heterocycles. The lowest BCUT2D eigenvalue weighted by Crippen LogP contribution is -2.24. The van der Waals surface area contributed by atoms with E-state index in [1.807, 2.05) is 0 Å². The maximum absolute atomic E-state index is 9.51. The van der Waals surface area contributed by atoms with E-state index in [1.165, 1.54) is 12.8 Å². The van der Waals surface area contributed by atoms with Crippen LogP contribution >= 0.6 is 0 Å². The summed E-state index contributed by atoms with van der Waals surface area (Å²) in [4.78, 5) is 0. The van der Waals surface area contributed by atoms with Crippen LogP contribution in [0.2, 0.25) is 0 Å². The fourth-order valence-corrected chi connectivity index (χ4v) is 1.88. The Balaban J connectivity index is 2.18. The number of rotatable bonds is 3. The molecule has 2 N–H and O–H groups in total. The molecule has 0 amide bonds. The summed E-state index contributed by atoms with van der Waals surface area (Å²) in [7, 11) is 0. The zero-order chi connectivity index (χ0) is 8.10. The second-order valence-corrected chi connectivity index (χ2v) is 3.48. The lowest BCUT2D eigenvalue weighted by Gasteiger charge is -2.27. The summed E-state index contributed by atoms with van der Waals surface area (Å²) in [6.45, 7) is 0.267. The van der Waals surface area contributed by atoms with E-state index in [1.54, 1.807) is 0 Å². The Labute approximate surface area is 68.2 Å². The van der Waals surface area contributed by atoms with Gasteiger partial charge in [0, 0.05) is 6.61 Å². The quantitative estimate of drug-likeness (QED) is 0.650. The monoisotopic (exact) mass is 158 g/mol. The van der Waals surface area contributed by atoms with Gasteiger partial charge in [-0.15, -0.1) is 0 Å². The second kappa shape index (κ2) is 4.73. The fourth-order valence-electron chi connectivity index (χ4n) is 1.88. The van der Waals surface area contributed by atoms with Gasteiger partial charge in [-0.1, -0.05) is 12.8 Å². The zero-order valence-electron chi connectivity index (χ0n) is 7.00. The molecule has 1 aliphatic rings. The minimum atomic E-state index is -0.0877. The van der Waals surface area contributed by atoms with Crippen molar-refractivity contribution in [2.24, 2.45) is 5.92 Å². The van der Waals surface area contributed by atoms with Gasteiger partial charge in [0.05, 0.1) is 6.10 Å². The molecule has 1 rings (SSSR count). The molecule has 2 nitrogen and oxygen atoms in total.